The number of carbonyl (C=O) groups excluding carboxylic acids is 1. The molecule has 2 fully saturated rings. The summed E-state index contributed by atoms with van der Waals surface area (Å²) in [5.74, 6) is -0.765. The molecule has 0 unspecified atom stereocenters. The zero-order valence-electron chi connectivity index (χ0n) is 11.1. The highest BCUT2D eigenvalue weighted by atomic mass is 16.6. The lowest BCUT2D eigenvalue weighted by molar-refractivity contribution is -0.159. The molecular weight excluding hydrogens is 246 g/mol. The Morgan fingerprint density at radius 1 is 1.37 bits per heavy atom. The van der Waals surface area contributed by atoms with Crippen LogP contribution in [0.4, 0.5) is 4.79 Å². The number of piperidine rings is 1. The van der Waals surface area contributed by atoms with Gasteiger partial charge in [-0.25, -0.2) is 4.79 Å². The van der Waals surface area contributed by atoms with Gasteiger partial charge in [0, 0.05) is 6.54 Å². The number of fused-ring (bicyclic) bond motifs is 1. The van der Waals surface area contributed by atoms with Crippen LogP contribution in [0.2, 0.25) is 0 Å². The van der Waals surface area contributed by atoms with E-state index in [4.69, 9.17) is 4.74 Å². The lowest BCUT2D eigenvalue weighted by Crippen LogP contribution is -2.59. The fraction of sp³-hybridized carbons (Fsp3) is 0.714. The summed E-state index contributed by atoms with van der Waals surface area (Å²) < 4.78 is 5.08. The summed E-state index contributed by atoms with van der Waals surface area (Å²) in [5, 5.41) is 9.60. The van der Waals surface area contributed by atoms with E-state index in [2.05, 4.69) is 6.58 Å². The fourth-order valence-corrected chi connectivity index (χ4v) is 3.48. The van der Waals surface area contributed by atoms with E-state index < -0.39 is 17.5 Å². The number of hydrogen-bond donors (Lipinski definition) is 1. The van der Waals surface area contributed by atoms with Gasteiger partial charge < -0.3 is 14.7 Å². The van der Waals surface area contributed by atoms with Gasteiger partial charge in [0.25, 0.3) is 0 Å². The van der Waals surface area contributed by atoms with Gasteiger partial charge in [-0.05, 0) is 25.7 Å². The van der Waals surface area contributed by atoms with Crippen molar-refractivity contribution in [3.63, 3.8) is 0 Å². The van der Waals surface area contributed by atoms with Crippen molar-refractivity contribution in [3.8, 4) is 0 Å². The number of carbonyl (C=O) groups is 2. The Morgan fingerprint density at radius 2 is 2.11 bits per heavy atom. The van der Waals surface area contributed by atoms with Gasteiger partial charge in [-0.15, -0.1) is 0 Å². The molecule has 1 aliphatic carbocycles. The van der Waals surface area contributed by atoms with Crippen molar-refractivity contribution in [3.05, 3.63) is 12.7 Å². The first kappa shape index (κ1) is 13.9. The number of aliphatic carboxylic acids is 1. The van der Waals surface area contributed by atoms with Gasteiger partial charge in [-0.3, -0.25) is 4.79 Å². The number of nitrogens with zero attached hydrogens (tertiary/aromatic N) is 1. The molecule has 19 heavy (non-hydrogen) atoms. The number of hydrogen-bond acceptors (Lipinski definition) is 3. The molecule has 0 aromatic heterocycles. The van der Waals surface area contributed by atoms with Crippen LogP contribution in [0.1, 0.15) is 38.5 Å². The average Bonchev–Trinajstić information content (AvgIpc) is 2.43. The number of carboxylic acids is 1. The van der Waals surface area contributed by atoms with Crippen LogP contribution in [0, 0.1) is 5.41 Å². The van der Waals surface area contributed by atoms with Crippen molar-refractivity contribution in [1.29, 1.82) is 0 Å². The van der Waals surface area contributed by atoms with Crippen LogP contribution in [0.5, 0.6) is 0 Å². The summed E-state index contributed by atoms with van der Waals surface area (Å²) in [5.41, 5.74) is -0.760. The van der Waals surface area contributed by atoms with Crippen molar-refractivity contribution < 1.29 is 19.4 Å². The lowest BCUT2D eigenvalue weighted by atomic mass is 9.65. The van der Waals surface area contributed by atoms with E-state index in [1.165, 1.54) is 6.08 Å². The standard InChI is InChI=1S/C14H21NO4/c1-2-10-19-13(18)15-9-5-8-14(12(16)17)7-4-3-6-11(14)15/h2,11H,1,3-10H2,(H,16,17)/t11-,14-/m0/s1. The smallest absolute Gasteiger partial charge is 0.410 e. The first-order chi connectivity index (χ1) is 9.12. The first-order valence-corrected chi connectivity index (χ1v) is 6.89. The highest BCUT2D eigenvalue weighted by Gasteiger charge is 2.52. The second-order valence-corrected chi connectivity index (χ2v) is 5.39. The van der Waals surface area contributed by atoms with Crippen molar-refractivity contribution in [2.75, 3.05) is 13.2 Å². The predicted molar refractivity (Wildman–Crippen MR) is 69.8 cm³/mol. The molecular formula is C14H21NO4. The van der Waals surface area contributed by atoms with E-state index in [1.54, 1.807) is 4.90 Å². The molecule has 1 saturated carbocycles. The van der Waals surface area contributed by atoms with Gasteiger partial charge in [0.05, 0.1) is 11.5 Å². The molecule has 1 N–H and O–H groups in total. The van der Waals surface area contributed by atoms with E-state index >= 15 is 0 Å². The zero-order chi connectivity index (χ0) is 13.9. The minimum atomic E-state index is -0.765. The Balaban J connectivity index is 2.18. The summed E-state index contributed by atoms with van der Waals surface area (Å²) >= 11 is 0. The molecule has 5 nitrogen and oxygen atoms in total. The molecule has 5 heteroatoms. The van der Waals surface area contributed by atoms with E-state index in [-0.39, 0.29) is 12.6 Å². The van der Waals surface area contributed by atoms with Crippen LogP contribution >= 0.6 is 0 Å². The molecule has 0 radical (unpaired) electrons. The van der Waals surface area contributed by atoms with Gasteiger partial charge in [-0.1, -0.05) is 25.5 Å². The lowest BCUT2D eigenvalue weighted by Gasteiger charge is -2.49. The van der Waals surface area contributed by atoms with Crippen molar-refractivity contribution in [2.24, 2.45) is 5.41 Å². The summed E-state index contributed by atoms with van der Waals surface area (Å²) in [7, 11) is 0. The molecule has 2 aliphatic rings. The maximum absolute atomic E-state index is 12.0. The van der Waals surface area contributed by atoms with Crippen LogP contribution in [0.15, 0.2) is 12.7 Å². The third kappa shape index (κ3) is 2.46. The van der Waals surface area contributed by atoms with Crippen molar-refractivity contribution >= 4 is 12.1 Å². The summed E-state index contributed by atoms with van der Waals surface area (Å²) in [4.78, 5) is 25.4. The molecule has 1 amide bonds. The molecule has 2 rings (SSSR count). The molecule has 2 atom stereocenters. The first-order valence-electron chi connectivity index (χ1n) is 6.89. The van der Waals surface area contributed by atoms with Crippen LogP contribution in [0.3, 0.4) is 0 Å². The number of carboxylic acid groups (broad SMARTS) is 1. The van der Waals surface area contributed by atoms with Gasteiger partial charge >= 0.3 is 12.1 Å². The highest BCUT2D eigenvalue weighted by molar-refractivity contribution is 5.78. The quantitative estimate of drug-likeness (QED) is 0.797. The Morgan fingerprint density at radius 3 is 2.79 bits per heavy atom. The molecule has 1 saturated heterocycles. The third-order valence-corrected chi connectivity index (χ3v) is 4.37. The van der Waals surface area contributed by atoms with E-state index in [0.29, 0.717) is 19.4 Å². The van der Waals surface area contributed by atoms with Gasteiger partial charge in [0.2, 0.25) is 0 Å². The summed E-state index contributed by atoms with van der Waals surface area (Å²) in [6.07, 6.45) is 5.84. The SMILES string of the molecule is C=CCOC(=O)N1CCC[C@@]2(C(=O)O)CCCC[C@H]12. The maximum atomic E-state index is 12.0. The Hall–Kier alpha value is -1.52. The molecule has 0 aromatic carbocycles. The number of amides is 1. The van der Waals surface area contributed by atoms with Crippen LogP contribution in [-0.2, 0) is 9.53 Å². The minimum Gasteiger partial charge on any atom is -0.481 e. The average molecular weight is 267 g/mol. The zero-order valence-corrected chi connectivity index (χ0v) is 11.1. The Labute approximate surface area is 113 Å². The van der Waals surface area contributed by atoms with Crippen LogP contribution in [-0.4, -0.2) is 41.3 Å². The number of ether oxygens (including phenoxy) is 1. The number of rotatable bonds is 3. The van der Waals surface area contributed by atoms with Crippen molar-refractivity contribution in [2.45, 2.75) is 44.6 Å². The van der Waals surface area contributed by atoms with Crippen molar-refractivity contribution in [1.82, 2.24) is 4.90 Å². The molecule has 0 spiro atoms. The maximum Gasteiger partial charge on any atom is 0.410 e. The van der Waals surface area contributed by atoms with E-state index in [1.807, 2.05) is 0 Å². The Bertz CT molecular complexity index is 378. The second-order valence-electron chi connectivity index (χ2n) is 5.39. The van der Waals surface area contributed by atoms with E-state index in [9.17, 15) is 14.7 Å². The fourth-order valence-electron chi connectivity index (χ4n) is 3.48. The topological polar surface area (TPSA) is 66.8 Å². The normalized spacial score (nSPS) is 30.3. The molecule has 0 bridgehead atoms. The van der Waals surface area contributed by atoms with Gasteiger partial charge in [-0.2, -0.15) is 0 Å². The van der Waals surface area contributed by atoms with Crippen LogP contribution in [0.25, 0.3) is 0 Å². The summed E-state index contributed by atoms with van der Waals surface area (Å²) in [6.45, 7) is 4.27. The van der Waals surface area contributed by atoms with Gasteiger partial charge in [0.15, 0.2) is 0 Å². The number of likely N-dealkylation sites (tertiary alicyclic amines) is 1. The highest BCUT2D eigenvalue weighted by Crippen LogP contribution is 2.46. The van der Waals surface area contributed by atoms with E-state index in [0.717, 1.165) is 25.7 Å². The monoisotopic (exact) mass is 267 g/mol. The molecule has 0 aromatic rings. The Kier molecular flexibility index (Phi) is 4.12. The molecule has 1 aliphatic heterocycles. The minimum absolute atomic E-state index is 0.169. The predicted octanol–water partition coefficient (Wildman–Crippen LogP) is 2.42. The molecule has 1 heterocycles. The largest absolute Gasteiger partial charge is 0.481 e. The second kappa shape index (κ2) is 5.63. The van der Waals surface area contributed by atoms with Gasteiger partial charge in [0.1, 0.15) is 6.61 Å². The molecule has 106 valence electrons. The van der Waals surface area contributed by atoms with Crippen LogP contribution < -0.4 is 0 Å². The summed E-state index contributed by atoms with van der Waals surface area (Å²) in [6, 6.07) is -0.218. The third-order valence-electron chi connectivity index (χ3n) is 4.37.